The van der Waals surface area contributed by atoms with Crippen molar-refractivity contribution in [3.05, 3.63) is 52.0 Å². The lowest BCUT2D eigenvalue weighted by Crippen LogP contribution is -2.46. The van der Waals surface area contributed by atoms with E-state index in [4.69, 9.17) is 32.0 Å². The van der Waals surface area contributed by atoms with Crippen LogP contribution in [0.1, 0.15) is 34.3 Å². The molecule has 0 aliphatic carbocycles. The molecule has 8 nitrogen and oxygen atoms in total. The zero-order valence-corrected chi connectivity index (χ0v) is 18.5. The third-order valence-electron chi connectivity index (χ3n) is 5.90. The van der Waals surface area contributed by atoms with E-state index in [0.717, 1.165) is 24.2 Å². The van der Waals surface area contributed by atoms with Crippen LogP contribution in [0, 0.1) is 0 Å². The van der Waals surface area contributed by atoms with Gasteiger partial charge in [0.05, 0.1) is 11.6 Å². The fraction of sp³-hybridized carbons (Fsp3) is 0.364. The SMILES string of the molecule is NCc1ccc2c(c1)C1(CCN(C(=O)c3cc(O)c(O)c(Cl)c3)CC1)CO2.O=C(O)C(F)(F)F. The third-order valence-corrected chi connectivity index (χ3v) is 6.18. The highest BCUT2D eigenvalue weighted by Gasteiger charge is 2.44. The first-order chi connectivity index (χ1) is 15.9. The molecular weight excluding hydrogens is 481 g/mol. The van der Waals surface area contributed by atoms with Crippen molar-refractivity contribution in [3.63, 3.8) is 0 Å². The molecular formula is C22H22ClF3N2O6. The van der Waals surface area contributed by atoms with E-state index < -0.39 is 23.6 Å². The fourth-order valence-corrected chi connectivity index (χ4v) is 4.19. The molecule has 4 rings (SSSR count). The van der Waals surface area contributed by atoms with Gasteiger partial charge in [0.15, 0.2) is 11.5 Å². The van der Waals surface area contributed by atoms with E-state index in [2.05, 4.69) is 6.07 Å². The Morgan fingerprint density at radius 2 is 1.76 bits per heavy atom. The zero-order chi connectivity index (χ0) is 25.3. The van der Waals surface area contributed by atoms with Gasteiger partial charge in [0, 0.05) is 36.2 Å². The van der Waals surface area contributed by atoms with Gasteiger partial charge in [0.1, 0.15) is 5.75 Å². The van der Waals surface area contributed by atoms with E-state index in [1.165, 1.54) is 17.7 Å². The van der Waals surface area contributed by atoms with Crippen molar-refractivity contribution in [3.8, 4) is 17.2 Å². The van der Waals surface area contributed by atoms with Gasteiger partial charge in [-0.3, -0.25) is 4.79 Å². The van der Waals surface area contributed by atoms with Crippen LogP contribution < -0.4 is 10.5 Å². The van der Waals surface area contributed by atoms with Gasteiger partial charge < -0.3 is 30.7 Å². The van der Waals surface area contributed by atoms with Crippen molar-refractivity contribution in [2.75, 3.05) is 19.7 Å². The molecule has 2 aliphatic heterocycles. The highest BCUT2D eigenvalue weighted by Crippen LogP contribution is 2.46. The molecule has 2 aliphatic rings. The van der Waals surface area contributed by atoms with Gasteiger partial charge in [-0.2, -0.15) is 13.2 Å². The molecule has 5 N–H and O–H groups in total. The number of phenols is 2. The number of fused-ring (bicyclic) bond motifs is 2. The number of rotatable bonds is 2. The van der Waals surface area contributed by atoms with Crippen molar-refractivity contribution in [1.82, 2.24) is 4.90 Å². The van der Waals surface area contributed by atoms with E-state index >= 15 is 0 Å². The quantitative estimate of drug-likeness (QED) is 0.462. The number of ether oxygens (including phenoxy) is 1. The molecule has 0 atom stereocenters. The summed E-state index contributed by atoms with van der Waals surface area (Å²) in [5, 5.41) is 26.4. The lowest BCUT2D eigenvalue weighted by atomic mass is 9.74. The van der Waals surface area contributed by atoms with Gasteiger partial charge >= 0.3 is 12.1 Å². The number of aromatic hydroxyl groups is 2. The van der Waals surface area contributed by atoms with Crippen LogP contribution >= 0.6 is 11.6 Å². The number of phenolic OH excluding ortho intramolecular Hbond substituents is 2. The molecule has 1 saturated heterocycles. The van der Waals surface area contributed by atoms with Crippen LogP contribution in [0.4, 0.5) is 13.2 Å². The van der Waals surface area contributed by atoms with Crippen LogP contribution in [0.15, 0.2) is 30.3 Å². The maximum atomic E-state index is 12.8. The van der Waals surface area contributed by atoms with Gasteiger partial charge in [-0.15, -0.1) is 0 Å². The number of carbonyl (C=O) groups is 2. The van der Waals surface area contributed by atoms with E-state index in [1.807, 2.05) is 12.1 Å². The number of aliphatic carboxylic acids is 1. The van der Waals surface area contributed by atoms with Gasteiger partial charge in [0.25, 0.3) is 5.91 Å². The number of carboxylic acids is 1. The second-order valence-corrected chi connectivity index (χ2v) is 8.43. The predicted molar refractivity (Wildman–Crippen MR) is 115 cm³/mol. The Morgan fingerprint density at radius 3 is 2.29 bits per heavy atom. The Kier molecular flexibility index (Phi) is 7.18. The molecule has 0 unspecified atom stereocenters. The van der Waals surface area contributed by atoms with Crippen molar-refractivity contribution >= 4 is 23.5 Å². The second-order valence-electron chi connectivity index (χ2n) is 8.02. The summed E-state index contributed by atoms with van der Waals surface area (Å²) >= 11 is 5.88. The van der Waals surface area contributed by atoms with E-state index in [1.54, 1.807) is 4.90 Å². The number of hydrogen-bond donors (Lipinski definition) is 4. The maximum Gasteiger partial charge on any atom is 0.490 e. The average molecular weight is 503 g/mol. The Hall–Kier alpha value is -3.18. The molecule has 1 spiro atoms. The smallest absolute Gasteiger partial charge is 0.490 e. The number of likely N-dealkylation sites (tertiary alicyclic amines) is 1. The lowest BCUT2D eigenvalue weighted by Gasteiger charge is -2.38. The maximum absolute atomic E-state index is 12.8. The predicted octanol–water partition coefficient (Wildman–Crippen LogP) is 3.41. The number of hydrogen-bond acceptors (Lipinski definition) is 6. The van der Waals surface area contributed by atoms with E-state index in [0.29, 0.717) is 26.2 Å². The highest BCUT2D eigenvalue weighted by atomic mass is 35.5. The summed E-state index contributed by atoms with van der Waals surface area (Å²) in [7, 11) is 0. The molecule has 2 aromatic rings. The summed E-state index contributed by atoms with van der Waals surface area (Å²) in [4.78, 5) is 23.4. The molecule has 12 heteroatoms. The summed E-state index contributed by atoms with van der Waals surface area (Å²) in [5.41, 5.74) is 8.21. The molecule has 34 heavy (non-hydrogen) atoms. The average Bonchev–Trinajstić information content (AvgIpc) is 3.14. The van der Waals surface area contributed by atoms with Gasteiger partial charge in [-0.25, -0.2) is 4.79 Å². The van der Waals surface area contributed by atoms with E-state index in [-0.39, 0.29) is 21.9 Å². The lowest BCUT2D eigenvalue weighted by molar-refractivity contribution is -0.192. The molecule has 0 radical (unpaired) electrons. The van der Waals surface area contributed by atoms with Crippen LogP contribution in [0.5, 0.6) is 17.2 Å². The standard InChI is InChI=1S/C20H21ClN2O4.C2HF3O2/c21-15-8-13(9-16(24)18(15)25)19(26)23-5-3-20(4-6-23)11-27-17-2-1-12(10-22)7-14(17)20;3-2(4,5)1(6)7/h1-2,7-9,24-25H,3-6,10-11,22H2;(H,6,7). The minimum atomic E-state index is -5.08. The molecule has 1 amide bonds. The summed E-state index contributed by atoms with van der Waals surface area (Å²) < 4.78 is 37.6. The Labute approximate surface area is 197 Å². The summed E-state index contributed by atoms with van der Waals surface area (Å²) in [6.45, 7) is 2.25. The number of piperidine rings is 1. The minimum Gasteiger partial charge on any atom is -0.504 e. The molecule has 2 heterocycles. The number of carbonyl (C=O) groups excluding carboxylic acids is 1. The summed E-state index contributed by atoms with van der Waals surface area (Å²) in [5.74, 6) is -2.88. The zero-order valence-electron chi connectivity index (χ0n) is 17.7. The van der Waals surface area contributed by atoms with Crippen molar-refractivity contribution < 1.29 is 42.8 Å². The number of amides is 1. The molecule has 1 fully saturated rings. The normalized spacial score (nSPS) is 16.3. The number of halogens is 4. The molecule has 0 bridgehead atoms. The first-order valence-corrected chi connectivity index (χ1v) is 10.5. The molecule has 184 valence electrons. The third kappa shape index (κ3) is 5.15. The van der Waals surface area contributed by atoms with Crippen LogP contribution in [0.3, 0.4) is 0 Å². The molecule has 0 saturated carbocycles. The first kappa shape index (κ1) is 25.4. The van der Waals surface area contributed by atoms with Gasteiger partial charge in [-0.05, 0) is 36.6 Å². The highest BCUT2D eigenvalue weighted by molar-refractivity contribution is 6.32. The number of carboxylic acid groups (broad SMARTS) is 1. The van der Waals surface area contributed by atoms with Crippen molar-refractivity contribution in [2.24, 2.45) is 5.73 Å². The largest absolute Gasteiger partial charge is 0.504 e. The monoisotopic (exact) mass is 502 g/mol. The topological polar surface area (TPSA) is 133 Å². The number of nitrogens with zero attached hydrogens (tertiary/aromatic N) is 1. The Morgan fingerprint density at radius 1 is 1.15 bits per heavy atom. The number of alkyl halides is 3. The summed E-state index contributed by atoms with van der Waals surface area (Å²) in [6, 6.07) is 8.71. The van der Waals surface area contributed by atoms with Gasteiger partial charge in [-0.1, -0.05) is 23.7 Å². The van der Waals surface area contributed by atoms with Crippen LogP contribution in [0.25, 0.3) is 0 Å². The van der Waals surface area contributed by atoms with Crippen LogP contribution in [-0.4, -0.2) is 58.0 Å². The minimum absolute atomic E-state index is 0.0423. The van der Waals surface area contributed by atoms with Crippen molar-refractivity contribution in [1.29, 1.82) is 0 Å². The number of nitrogens with two attached hydrogens (primary N) is 1. The van der Waals surface area contributed by atoms with Crippen molar-refractivity contribution in [2.45, 2.75) is 31.0 Å². The van der Waals surface area contributed by atoms with Crippen LogP contribution in [0.2, 0.25) is 5.02 Å². The molecule has 0 aromatic heterocycles. The summed E-state index contributed by atoms with van der Waals surface area (Å²) in [6.07, 6.45) is -3.50. The Bertz CT molecular complexity index is 1080. The molecule has 2 aromatic carbocycles. The van der Waals surface area contributed by atoms with Gasteiger partial charge in [0.2, 0.25) is 0 Å². The van der Waals surface area contributed by atoms with E-state index in [9.17, 15) is 28.2 Å². The fourth-order valence-electron chi connectivity index (χ4n) is 3.98. The Balaban J connectivity index is 0.000000406. The van der Waals surface area contributed by atoms with Crippen LogP contribution in [-0.2, 0) is 16.8 Å². The second kappa shape index (κ2) is 9.59. The number of benzene rings is 2. The first-order valence-electron chi connectivity index (χ1n) is 10.1.